The van der Waals surface area contributed by atoms with Gasteiger partial charge in [-0.1, -0.05) is 18.2 Å². The molecule has 2 rings (SSSR count). The number of nitrogens with one attached hydrogen (secondary N) is 1. The first kappa shape index (κ1) is 18.8. The van der Waals surface area contributed by atoms with Gasteiger partial charge < -0.3 is 5.32 Å². The first-order valence-corrected chi connectivity index (χ1v) is 9.02. The monoisotopic (exact) mass is 360 g/mol. The standard InChI is InChI=1S/C18H20N2O4S/c1-12-8-9-14(13(2)21)11-17(12)19-18(22)15-6-5-7-16(10-15)25(23,24)20(3)4/h5-11H,1-4H3,(H,19,22). The predicted molar refractivity (Wildman–Crippen MR) is 96.5 cm³/mol. The van der Waals surface area contributed by atoms with Gasteiger partial charge >= 0.3 is 0 Å². The van der Waals surface area contributed by atoms with Gasteiger partial charge in [-0.05, 0) is 43.7 Å². The fourth-order valence-electron chi connectivity index (χ4n) is 2.18. The van der Waals surface area contributed by atoms with Gasteiger partial charge in [-0.15, -0.1) is 0 Å². The number of benzene rings is 2. The second-order valence-corrected chi connectivity index (χ2v) is 8.01. The summed E-state index contributed by atoms with van der Waals surface area (Å²) in [6, 6.07) is 10.9. The van der Waals surface area contributed by atoms with Crippen molar-refractivity contribution < 1.29 is 18.0 Å². The van der Waals surface area contributed by atoms with Gasteiger partial charge in [0, 0.05) is 30.9 Å². The Kier molecular flexibility index (Phi) is 5.39. The van der Waals surface area contributed by atoms with E-state index in [2.05, 4.69) is 5.32 Å². The number of ketones is 1. The molecule has 2 aromatic carbocycles. The van der Waals surface area contributed by atoms with E-state index in [1.165, 1.54) is 45.3 Å². The van der Waals surface area contributed by atoms with Gasteiger partial charge in [-0.3, -0.25) is 9.59 Å². The van der Waals surface area contributed by atoms with Crippen molar-refractivity contribution in [3.8, 4) is 0 Å². The van der Waals surface area contributed by atoms with Crippen molar-refractivity contribution in [2.45, 2.75) is 18.7 Å². The minimum atomic E-state index is -3.62. The summed E-state index contributed by atoms with van der Waals surface area (Å²) in [6.07, 6.45) is 0. The van der Waals surface area contributed by atoms with Crippen LogP contribution < -0.4 is 5.32 Å². The van der Waals surface area contributed by atoms with E-state index < -0.39 is 15.9 Å². The molecule has 1 N–H and O–H groups in total. The Hall–Kier alpha value is -2.51. The van der Waals surface area contributed by atoms with E-state index in [4.69, 9.17) is 0 Å². The molecule has 0 atom stereocenters. The maximum atomic E-state index is 12.5. The summed E-state index contributed by atoms with van der Waals surface area (Å²) >= 11 is 0. The first-order chi connectivity index (χ1) is 11.6. The predicted octanol–water partition coefficient (Wildman–Crippen LogP) is 2.70. The van der Waals surface area contributed by atoms with Crippen molar-refractivity contribution >= 4 is 27.4 Å². The number of hydrogen-bond acceptors (Lipinski definition) is 4. The smallest absolute Gasteiger partial charge is 0.255 e. The minimum absolute atomic E-state index is 0.0411. The number of aryl methyl sites for hydroxylation is 1. The Morgan fingerprint density at radius 2 is 1.68 bits per heavy atom. The summed E-state index contributed by atoms with van der Waals surface area (Å²) in [5.41, 5.74) is 2.02. The summed E-state index contributed by atoms with van der Waals surface area (Å²) in [6.45, 7) is 3.26. The van der Waals surface area contributed by atoms with E-state index in [1.54, 1.807) is 18.2 Å². The van der Waals surface area contributed by atoms with Crippen molar-refractivity contribution in [1.29, 1.82) is 0 Å². The summed E-state index contributed by atoms with van der Waals surface area (Å²) < 4.78 is 25.5. The van der Waals surface area contributed by atoms with Crippen LogP contribution in [0.5, 0.6) is 0 Å². The number of anilines is 1. The first-order valence-electron chi connectivity index (χ1n) is 7.58. The highest BCUT2D eigenvalue weighted by atomic mass is 32.2. The molecule has 7 heteroatoms. The largest absolute Gasteiger partial charge is 0.322 e. The van der Waals surface area contributed by atoms with Gasteiger partial charge in [0.15, 0.2) is 5.78 Å². The third-order valence-corrected chi connectivity index (χ3v) is 5.58. The number of Topliss-reactive ketones (excluding diaryl/α,β-unsaturated/α-hetero) is 1. The van der Waals surface area contributed by atoms with Crippen LogP contribution in [-0.4, -0.2) is 38.5 Å². The van der Waals surface area contributed by atoms with Gasteiger partial charge in [0.2, 0.25) is 10.0 Å². The van der Waals surface area contributed by atoms with Crippen LogP contribution in [0.2, 0.25) is 0 Å². The Bertz CT molecular complexity index is 934. The fraction of sp³-hybridized carbons (Fsp3) is 0.222. The molecule has 1 amide bonds. The number of hydrogen-bond donors (Lipinski definition) is 1. The van der Waals surface area contributed by atoms with Crippen molar-refractivity contribution in [2.75, 3.05) is 19.4 Å². The van der Waals surface area contributed by atoms with E-state index in [1.807, 2.05) is 6.92 Å². The molecule has 0 saturated carbocycles. The van der Waals surface area contributed by atoms with Crippen molar-refractivity contribution in [2.24, 2.45) is 0 Å². The average molecular weight is 360 g/mol. The highest BCUT2D eigenvalue weighted by molar-refractivity contribution is 7.89. The van der Waals surface area contributed by atoms with Crippen LogP contribution in [0.3, 0.4) is 0 Å². The zero-order chi connectivity index (χ0) is 18.8. The molecular weight excluding hydrogens is 340 g/mol. The lowest BCUT2D eigenvalue weighted by molar-refractivity contribution is 0.101. The van der Waals surface area contributed by atoms with Crippen LogP contribution in [0.1, 0.15) is 33.2 Å². The van der Waals surface area contributed by atoms with Gasteiger partial charge in [-0.2, -0.15) is 0 Å². The molecule has 0 heterocycles. The van der Waals surface area contributed by atoms with Crippen LogP contribution in [-0.2, 0) is 10.0 Å². The number of amides is 1. The molecule has 25 heavy (non-hydrogen) atoms. The van der Waals surface area contributed by atoms with Crippen LogP contribution in [0, 0.1) is 6.92 Å². The maximum absolute atomic E-state index is 12.5. The molecule has 0 aliphatic carbocycles. The van der Waals surface area contributed by atoms with E-state index in [-0.39, 0.29) is 16.2 Å². The van der Waals surface area contributed by atoms with Crippen molar-refractivity contribution in [1.82, 2.24) is 4.31 Å². The number of sulfonamides is 1. The lowest BCUT2D eigenvalue weighted by Gasteiger charge is -2.13. The van der Waals surface area contributed by atoms with E-state index in [0.717, 1.165) is 9.87 Å². The lowest BCUT2D eigenvalue weighted by atomic mass is 10.1. The highest BCUT2D eigenvalue weighted by Gasteiger charge is 2.19. The molecule has 0 unspecified atom stereocenters. The topological polar surface area (TPSA) is 83.5 Å². The molecule has 0 aromatic heterocycles. The normalized spacial score (nSPS) is 11.4. The molecule has 132 valence electrons. The second kappa shape index (κ2) is 7.16. The molecule has 0 radical (unpaired) electrons. The summed E-state index contributed by atoms with van der Waals surface area (Å²) in [5.74, 6) is -0.547. The van der Waals surface area contributed by atoms with E-state index in [9.17, 15) is 18.0 Å². The number of nitrogens with zero attached hydrogens (tertiary/aromatic N) is 1. The Labute approximate surface area is 147 Å². The zero-order valence-electron chi connectivity index (χ0n) is 14.5. The van der Waals surface area contributed by atoms with Crippen LogP contribution in [0.4, 0.5) is 5.69 Å². The number of carbonyl (C=O) groups is 2. The fourth-order valence-corrected chi connectivity index (χ4v) is 3.13. The van der Waals surface area contributed by atoms with Crippen LogP contribution in [0.15, 0.2) is 47.4 Å². The number of rotatable bonds is 5. The van der Waals surface area contributed by atoms with Gasteiger partial charge in [-0.25, -0.2) is 12.7 Å². The van der Waals surface area contributed by atoms with E-state index in [0.29, 0.717) is 11.3 Å². The molecule has 0 spiro atoms. The molecule has 0 fully saturated rings. The van der Waals surface area contributed by atoms with Gasteiger partial charge in [0.1, 0.15) is 0 Å². The molecule has 0 aliphatic rings. The zero-order valence-corrected chi connectivity index (χ0v) is 15.3. The molecule has 6 nitrogen and oxygen atoms in total. The summed E-state index contributed by atoms with van der Waals surface area (Å²) in [5, 5.41) is 2.73. The van der Waals surface area contributed by atoms with Crippen molar-refractivity contribution in [3.05, 3.63) is 59.2 Å². The molecular formula is C18H20N2O4S. The molecule has 0 aliphatic heterocycles. The Morgan fingerprint density at radius 3 is 2.28 bits per heavy atom. The highest BCUT2D eigenvalue weighted by Crippen LogP contribution is 2.20. The maximum Gasteiger partial charge on any atom is 0.255 e. The third-order valence-electron chi connectivity index (χ3n) is 3.77. The summed E-state index contributed by atoms with van der Waals surface area (Å²) in [4.78, 5) is 24.0. The third kappa shape index (κ3) is 4.12. The average Bonchev–Trinajstić information content (AvgIpc) is 2.56. The SMILES string of the molecule is CC(=O)c1ccc(C)c(NC(=O)c2cccc(S(=O)(=O)N(C)C)c2)c1. The Balaban J connectivity index is 2.34. The minimum Gasteiger partial charge on any atom is -0.322 e. The number of carbonyl (C=O) groups excluding carboxylic acids is 2. The van der Waals surface area contributed by atoms with Crippen LogP contribution in [0.25, 0.3) is 0 Å². The molecule has 0 bridgehead atoms. The van der Waals surface area contributed by atoms with Crippen molar-refractivity contribution in [3.63, 3.8) is 0 Å². The Morgan fingerprint density at radius 1 is 1.00 bits per heavy atom. The molecule has 0 saturated heterocycles. The lowest BCUT2D eigenvalue weighted by Crippen LogP contribution is -2.22. The van der Waals surface area contributed by atoms with E-state index >= 15 is 0 Å². The van der Waals surface area contributed by atoms with Gasteiger partial charge in [0.05, 0.1) is 4.90 Å². The molecule has 2 aromatic rings. The van der Waals surface area contributed by atoms with Gasteiger partial charge in [0.25, 0.3) is 5.91 Å². The van der Waals surface area contributed by atoms with Crippen LogP contribution >= 0.6 is 0 Å². The summed E-state index contributed by atoms with van der Waals surface area (Å²) in [7, 11) is -0.765. The second-order valence-electron chi connectivity index (χ2n) is 5.86. The quantitative estimate of drug-likeness (QED) is 0.831.